The van der Waals surface area contributed by atoms with Crippen LogP contribution in [0.15, 0.2) is 42.5 Å². The third-order valence-corrected chi connectivity index (χ3v) is 5.34. The summed E-state index contributed by atoms with van der Waals surface area (Å²) >= 11 is 0. The van der Waals surface area contributed by atoms with E-state index in [1.165, 1.54) is 24.3 Å². The molecule has 0 aliphatic carbocycles. The number of hydrogen-bond acceptors (Lipinski definition) is 4. The van der Waals surface area contributed by atoms with Crippen molar-refractivity contribution in [3.63, 3.8) is 0 Å². The van der Waals surface area contributed by atoms with Crippen LogP contribution in [0.5, 0.6) is 0 Å². The quantitative estimate of drug-likeness (QED) is 0.740. The van der Waals surface area contributed by atoms with Crippen LogP contribution in [0.2, 0.25) is 0 Å². The fourth-order valence-electron chi connectivity index (χ4n) is 3.52. The van der Waals surface area contributed by atoms with Gasteiger partial charge in [0.05, 0.1) is 13.1 Å². The molecule has 3 rings (SSSR count). The van der Waals surface area contributed by atoms with Gasteiger partial charge in [0.15, 0.2) is 0 Å². The van der Waals surface area contributed by atoms with Crippen molar-refractivity contribution >= 4 is 23.4 Å². The van der Waals surface area contributed by atoms with Gasteiger partial charge in [-0.05, 0) is 49.2 Å². The van der Waals surface area contributed by atoms with Gasteiger partial charge in [0, 0.05) is 37.4 Å². The molecule has 0 bridgehead atoms. The lowest BCUT2D eigenvalue weighted by atomic mass is 10.1. The third kappa shape index (κ3) is 6.11. The number of halogens is 1. The van der Waals surface area contributed by atoms with Gasteiger partial charge in [0.1, 0.15) is 5.82 Å². The first-order chi connectivity index (χ1) is 14.8. The monoisotopic (exact) mass is 426 g/mol. The summed E-state index contributed by atoms with van der Waals surface area (Å²) in [5.41, 5.74) is 3.19. The van der Waals surface area contributed by atoms with Gasteiger partial charge in [-0.15, -0.1) is 0 Å². The predicted molar refractivity (Wildman–Crippen MR) is 116 cm³/mol. The number of carbonyl (C=O) groups is 3. The zero-order chi connectivity index (χ0) is 22.4. The number of para-hydroxylation sites is 1. The van der Waals surface area contributed by atoms with Crippen LogP contribution in [0.3, 0.4) is 0 Å². The maximum Gasteiger partial charge on any atom is 0.251 e. The topological polar surface area (TPSA) is 81.8 Å². The van der Waals surface area contributed by atoms with E-state index in [1.807, 2.05) is 36.9 Å². The van der Waals surface area contributed by atoms with Crippen molar-refractivity contribution in [1.82, 2.24) is 15.1 Å². The van der Waals surface area contributed by atoms with Gasteiger partial charge in [0.2, 0.25) is 11.8 Å². The van der Waals surface area contributed by atoms with Gasteiger partial charge in [-0.25, -0.2) is 4.39 Å². The number of amides is 3. The van der Waals surface area contributed by atoms with E-state index < -0.39 is 11.7 Å². The molecule has 1 saturated heterocycles. The Balaban J connectivity index is 1.41. The summed E-state index contributed by atoms with van der Waals surface area (Å²) in [6.07, 6.45) is 0. The summed E-state index contributed by atoms with van der Waals surface area (Å²) < 4.78 is 12.9. The summed E-state index contributed by atoms with van der Waals surface area (Å²) in [5.74, 6) is -1.11. The second-order valence-corrected chi connectivity index (χ2v) is 7.66. The molecule has 1 heterocycles. The molecule has 1 aliphatic rings. The minimum atomic E-state index is -0.423. The Morgan fingerprint density at radius 3 is 2.16 bits per heavy atom. The molecular formula is C23H27FN4O3. The van der Waals surface area contributed by atoms with E-state index in [0.717, 1.165) is 16.8 Å². The number of anilines is 1. The maximum atomic E-state index is 12.9. The molecule has 0 unspecified atom stereocenters. The van der Waals surface area contributed by atoms with Gasteiger partial charge < -0.3 is 15.5 Å². The van der Waals surface area contributed by atoms with Gasteiger partial charge in [0.25, 0.3) is 5.91 Å². The summed E-state index contributed by atoms with van der Waals surface area (Å²) in [6, 6.07) is 11.0. The van der Waals surface area contributed by atoms with Crippen LogP contribution in [0.1, 0.15) is 21.5 Å². The Labute approximate surface area is 181 Å². The number of nitrogens with one attached hydrogen (secondary N) is 2. The fraction of sp³-hybridized carbons (Fsp3) is 0.348. The molecule has 0 radical (unpaired) electrons. The molecule has 1 aliphatic heterocycles. The van der Waals surface area contributed by atoms with Crippen molar-refractivity contribution < 1.29 is 18.8 Å². The Morgan fingerprint density at radius 2 is 1.55 bits per heavy atom. The van der Waals surface area contributed by atoms with Crippen molar-refractivity contribution in [2.24, 2.45) is 0 Å². The Morgan fingerprint density at radius 1 is 0.935 bits per heavy atom. The van der Waals surface area contributed by atoms with Gasteiger partial charge >= 0.3 is 0 Å². The molecule has 2 aromatic rings. The van der Waals surface area contributed by atoms with Crippen LogP contribution in [0, 0.1) is 19.7 Å². The SMILES string of the molecule is Cc1cccc(C)c1NC(=O)CN1CCN(C(=O)CNC(=O)c2ccc(F)cc2)CC1. The van der Waals surface area contributed by atoms with E-state index in [-0.39, 0.29) is 24.9 Å². The second-order valence-electron chi connectivity index (χ2n) is 7.66. The van der Waals surface area contributed by atoms with E-state index in [9.17, 15) is 18.8 Å². The lowest BCUT2D eigenvalue weighted by Gasteiger charge is -2.34. The predicted octanol–water partition coefficient (Wildman–Crippen LogP) is 1.96. The first-order valence-corrected chi connectivity index (χ1v) is 10.2. The summed E-state index contributed by atoms with van der Waals surface area (Å²) in [5, 5.41) is 5.55. The molecular weight excluding hydrogens is 399 g/mol. The largest absolute Gasteiger partial charge is 0.343 e. The van der Waals surface area contributed by atoms with Crippen LogP contribution in [0.25, 0.3) is 0 Å². The van der Waals surface area contributed by atoms with E-state index in [4.69, 9.17) is 0 Å². The molecule has 0 spiro atoms. The van der Waals surface area contributed by atoms with E-state index in [0.29, 0.717) is 31.7 Å². The van der Waals surface area contributed by atoms with E-state index in [2.05, 4.69) is 10.6 Å². The first kappa shape index (κ1) is 22.4. The molecule has 1 fully saturated rings. The number of aryl methyl sites for hydroxylation is 2. The zero-order valence-corrected chi connectivity index (χ0v) is 17.8. The van der Waals surface area contributed by atoms with Crippen LogP contribution < -0.4 is 10.6 Å². The fourth-order valence-corrected chi connectivity index (χ4v) is 3.52. The molecule has 2 aromatic carbocycles. The highest BCUT2D eigenvalue weighted by Gasteiger charge is 2.23. The molecule has 0 saturated carbocycles. The minimum absolute atomic E-state index is 0.0799. The van der Waals surface area contributed by atoms with Crippen molar-refractivity contribution in [3.05, 3.63) is 65.0 Å². The number of piperazine rings is 1. The molecule has 31 heavy (non-hydrogen) atoms. The lowest BCUT2D eigenvalue weighted by molar-refractivity contribution is -0.132. The van der Waals surface area contributed by atoms with Crippen LogP contribution in [-0.4, -0.2) is 66.8 Å². The number of nitrogens with zero attached hydrogens (tertiary/aromatic N) is 2. The van der Waals surface area contributed by atoms with Crippen molar-refractivity contribution in [1.29, 1.82) is 0 Å². The third-order valence-electron chi connectivity index (χ3n) is 5.34. The van der Waals surface area contributed by atoms with Crippen LogP contribution in [0.4, 0.5) is 10.1 Å². The molecule has 7 nitrogen and oxygen atoms in total. The first-order valence-electron chi connectivity index (χ1n) is 10.2. The van der Waals surface area contributed by atoms with Crippen molar-refractivity contribution in [3.8, 4) is 0 Å². The number of carbonyl (C=O) groups excluding carboxylic acids is 3. The summed E-state index contributed by atoms with van der Waals surface area (Å²) in [7, 11) is 0. The van der Waals surface area contributed by atoms with E-state index in [1.54, 1.807) is 4.90 Å². The summed E-state index contributed by atoms with van der Waals surface area (Å²) in [4.78, 5) is 40.5. The molecule has 0 aromatic heterocycles. The normalized spacial score (nSPS) is 14.2. The number of hydrogen-bond donors (Lipinski definition) is 2. The standard InChI is InChI=1S/C23H27FN4O3/c1-16-4-3-5-17(2)22(16)26-20(29)15-27-10-12-28(13-11-27)21(30)14-25-23(31)18-6-8-19(24)9-7-18/h3-9H,10-15H2,1-2H3,(H,25,31)(H,26,29). The Bertz CT molecular complexity index is 934. The number of benzene rings is 2. The van der Waals surface area contributed by atoms with Gasteiger partial charge in [-0.2, -0.15) is 0 Å². The molecule has 164 valence electrons. The molecule has 0 atom stereocenters. The molecule has 3 amide bonds. The highest BCUT2D eigenvalue weighted by Crippen LogP contribution is 2.19. The smallest absolute Gasteiger partial charge is 0.251 e. The highest BCUT2D eigenvalue weighted by atomic mass is 19.1. The maximum absolute atomic E-state index is 12.9. The molecule has 8 heteroatoms. The average Bonchev–Trinajstić information content (AvgIpc) is 2.75. The van der Waals surface area contributed by atoms with Crippen LogP contribution >= 0.6 is 0 Å². The van der Waals surface area contributed by atoms with Crippen molar-refractivity contribution in [2.45, 2.75) is 13.8 Å². The van der Waals surface area contributed by atoms with Crippen LogP contribution in [-0.2, 0) is 9.59 Å². The minimum Gasteiger partial charge on any atom is -0.343 e. The number of rotatable bonds is 6. The Kier molecular flexibility index (Phi) is 7.36. The Hall–Kier alpha value is -3.26. The second kappa shape index (κ2) is 10.2. The highest BCUT2D eigenvalue weighted by molar-refractivity contribution is 5.96. The van der Waals surface area contributed by atoms with Gasteiger partial charge in [-0.3, -0.25) is 19.3 Å². The van der Waals surface area contributed by atoms with Crippen molar-refractivity contribution in [2.75, 3.05) is 44.6 Å². The summed E-state index contributed by atoms with van der Waals surface area (Å²) in [6.45, 7) is 6.20. The lowest BCUT2D eigenvalue weighted by Crippen LogP contribution is -2.52. The molecule has 2 N–H and O–H groups in total. The zero-order valence-electron chi connectivity index (χ0n) is 17.8. The van der Waals surface area contributed by atoms with Gasteiger partial charge in [-0.1, -0.05) is 18.2 Å². The van der Waals surface area contributed by atoms with E-state index >= 15 is 0 Å². The average molecular weight is 426 g/mol.